The Kier molecular flexibility index (Phi) is 6.48. The zero-order chi connectivity index (χ0) is 12.9. The van der Waals surface area contributed by atoms with Crippen LogP contribution in [0.4, 0.5) is 0 Å². The van der Waals surface area contributed by atoms with Crippen molar-refractivity contribution >= 4 is 22.5 Å². The predicted octanol–water partition coefficient (Wildman–Crippen LogP) is 0.873. The van der Waals surface area contributed by atoms with Gasteiger partial charge in [-0.05, 0) is 12.8 Å². The smallest absolute Gasteiger partial charge is 0.233 e. The molecule has 2 atom stereocenters. The standard InChI is InChI=1S/C11H21NO3S/c1-7(2)11(9(5)13)12-10(14)6-16(15)8(3)4/h7-8,11H,6H2,1-5H3,(H,12,14). The summed E-state index contributed by atoms with van der Waals surface area (Å²) in [6.07, 6.45) is 0. The van der Waals surface area contributed by atoms with E-state index in [0.29, 0.717) is 0 Å². The first-order chi connectivity index (χ1) is 7.25. The third-order valence-corrected chi connectivity index (χ3v) is 3.82. The maximum atomic E-state index is 11.5. The summed E-state index contributed by atoms with van der Waals surface area (Å²) in [5, 5.41) is 2.58. The van der Waals surface area contributed by atoms with Crippen molar-refractivity contribution in [2.45, 2.75) is 45.9 Å². The summed E-state index contributed by atoms with van der Waals surface area (Å²) in [6.45, 7) is 8.78. The predicted molar refractivity (Wildman–Crippen MR) is 65.6 cm³/mol. The number of nitrogens with one attached hydrogen (secondary N) is 1. The molecule has 1 N–H and O–H groups in total. The van der Waals surface area contributed by atoms with Gasteiger partial charge >= 0.3 is 0 Å². The zero-order valence-corrected chi connectivity index (χ0v) is 11.4. The summed E-state index contributed by atoms with van der Waals surface area (Å²) >= 11 is 0. The van der Waals surface area contributed by atoms with E-state index in [1.165, 1.54) is 6.92 Å². The summed E-state index contributed by atoms with van der Waals surface area (Å²) in [4.78, 5) is 22.8. The van der Waals surface area contributed by atoms with Gasteiger partial charge in [-0.3, -0.25) is 13.8 Å². The molecule has 0 saturated heterocycles. The van der Waals surface area contributed by atoms with Gasteiger partial charge in [-0.1, -0.05) is 27.7 Å². The minimum absolute atomic E-state index is 0.0336. The van der Waals surface area contributed by atoms with Crippen molar-refractivity contribution in [3.05, 3.63) is 0 Å². The highest BCUT2D eigenvalue weighted by atomic mass is 32.2. The van der Waals surface area contributed by atoms with Crippen LogP contribution in [0.5, 0.6) is 0 Å². The van der Waals surface area contributed by atoms with Crippen LogP contribution in [0.1, 0.15) is 34.6 Å². The molecule has 5 heteroatoms. The van der Waals surface area contributed by atoms with E-state index in [4.69, 9.17) is 0 Å². The van der Waals surface area contributed by atoms with E-state index in [2.05, 4.69) is 5.32 Å². The molecule has 0 heterocycles. The van der Waals surface area contributed by atoms with Gasteiger partial charge in [0.25, 0.3) is 0 Å². The van der Waals surface area contributed by atoms with E-state index < -0.39 is 16.8 Å². The van der Waals surface area contributed by atoms with Crippen LogP contribution in [0.25, 0.3) is 0 Å². The van der Waals surface area contributed by atoms with Gasteiger partial charge < -0.3 is 5.32 Å². The summed E-state index contributed by atoms with van der Waals surface area (Å²) in [5.74, 6) is -0.373. The minimum Gasteiger partial charge on any atom is -0.345 e. The lowest BCUT2D eigenvalue weighted by Gasteiger charge is -2.19. The van der Waals surface area contributed by atoms with Crippen LogP contribution in [0.15, 0.2) is 0 Å². The molecule has 94 valence electrons. The normalized spacial score (nSPS) is 14.9. The number of amides is 1. The second-order valence-electron chi connectivity index (χ2n) is 4.47. The van der Waals surface area contributed by atoms with Crippen LogP contribution < -0.4 is 5.32 Å². The van der Waals surface area contributed by atoms with Crippen LogP contribution in [0, 0.1) is 5.92 Å². The first-order valence-corrected chi connectivity index (χ1v) is 6.81. The van der Waals surface area contributed by atoms with Crippen LogP contribution >= 0.6 is 0 Å². The number of ketones is 1. The van der Waals surface area contributed by atoms with E-state index in [0.717, 1.165) is 0 Å². The SMILES string of the molecule is CC(=O)C(NC(=O)CS(=O)C(C)C)C(C)C. The second kappa shape index (κ2) is 6.78. The number of Topliss-reactive ketones (excluding diaryl/α,β-unsaturated/α-hetero) is 1. The van der Waals surface area contributed by atoms with E-state index in [1.54, 1.807) is 13.8 Å². The number of hydrogen-bond acceptors (Lipinski definition) is 3. The molecule has 0 bridgehead atoms. The van der Waals surface area contributed by atoms with Crippen LogP contribution in [0.2, 0.25) is 0 Å². The molecule has 2 unspecified atom stereocenters. The summed E-state index contributed by atoms with van der Waals surface area (Å²) in [5.41, 5.74) is 0. The molecule has 4 nitrogen and oxygen atoms in total. The van der Waals surface area contributed by atoms with Crippen molar-refractivity contribution in [1.29, 1.82) is 0 Å². The number of carbonyl (C=O) groups excluding carboxylic acids is 2. The van der Waals surface area contributed by atoms with Crippen molar-refractivity contribution in [2.75, 3.05) is 5.75 Å². The molecule has 0 rings (SSSR count). The fraction of sp³-hybridized carbons (Fsp3) is 0.818. The summed E-state index contributed by atoms with van der Waals surface area (Å²) in [7, 11) is -1.17. The van der Waals surface area contributed by atoms with Crippen LogP contribution in [-0.4, -0.2) is 32.9 Å². The lowest BCUT2D eigenvalue weighted by atomic mass is 10.0. The monoisotopic (exact) mass is 247 g/mol. The molecule has 0 aromatic carbocycles. The quantitative estimate of drug-likeness (QED) is 0.757. The molecule has 0 aromatic rings. The highest BCUT2D eigenvalue weighted by molar-refractivity contribution is 7.86. The Balaban J connectivity index is 4.32. The highest BCUT2D eigenvalue weighted by Gasteiger charge is 2.21. The summed E-state index contributed by atoms with van der Waals surface area (Å²) in [6, 6.07) is -0.475. The van der Waals surface area contributed by atoms with Gasteiger partial charge in [-0.15, -0.1) is 0 Å². The molecule has 1 amide bonds. The molecule has 0 saturated carbocycles. The van der Waals surface area contributed by atoms with Gasteiger partial charge in [-0.25, -0.2) is 0 Å². The molecular formula is C11H21NO3S. The van der Waals surface area contributed by atoms with Crippen molar-refractivity contribution in [1.82, 2.24) is 5.32 Å². The van der Waals surface area contributed by atoms with Gasteiger partial charge in [0.1, 0.15) is 5.75 Å². The van der Waals surface area contributed by atoms with Crippen LogP contribution in [0.3, 0.4) is 0 Å². The molecule has 0 fully saturated rings. The van der Waals surface area contributed by atoms with Gasteiger partial charge in [0, 0.05) is 16.0 Å². The van der Waals surface area contributed by atoms with Gasteiger partial charge in [0.2, 0.25) is 5.91 Å². The van der Waals surface area contributed by atoms with E-state index in [9.17, 15) is 13.8 Å². The largest absolute Gasteiger partial charge is 0.345 e. The van der Waals surface area contributed by atoms with E-state index in [-0.39, 0.29) is 28.6 Å². The maximum absolute atomic E-state index is 11.5. The molecule has 16 heavy (non-hydrogen) atoms. The van der Waals surface area contributed by atoms with Gasteiger partial charge in [0.05, 0.1) is 6.04 Å². The van der Waals surface area contributed by atoms with E-state index >= 15 is 0 Å². The van der Waals surface area contributed by atoms with E-state index in [1.807, 2.05) is 13.8 Å². The lowest BCUT2D eigenvalue weighted by Crippen LogP contribution is -2.45. The van der Waals surface area contributed by atoms with Crippen molar-refractivity contribution in [3.63, 3.8) is 0 Å². The molecule has 0 spiro atoms. The number of carbonyl (C=O) groups is 2. The Hall–Kier alpha value is -0.710. The molecule has 0 aromatic heterocycles. The highest BCUT2D eigenvalue weighted by Crippen LogP contribution is 2.03. The fourth-order valence-corrected chi connectivity index (χ4v) is 1.92. The Bertz CT molecular complexity index is 287. The van der Waals surface area contributed by atoms with Crippen molar-refractivity contribution < 1.29 is 13.8 Å². The maximum Gasteiger partial charge on any atom is 0.233 e. The number of rotatable bonds is 6. The lowest BCUT2D eigenvalue weighted by molar-refractivity contribution is -0.126. The summed E-state index contributed by atoms with van der Waals surface area (Å²) < 4.78 is 11.4. The molecule has 0 aliphatic carbocycles. The topological polar surface area (TPSA) is 63.2 Å². The Morgan fingerprint density at radius 2 is 1.69 bits per heavy atom. The number of hydrogen-bond donors (Lipinski definition) is 1. The van der Waals surface area contributed by atoms with Gasteiger partial charge in [0.15, 0.2) is 5.78 Å². The second-order valence-corrected chi connectivity index (χ2v) is 6.47. The molecule has 0 aliphatic rings. The third kappa shape index (κ3) is 5.39. The Morgan fingerprint density at radius 3 is 2.00 bits per heavy atom. The average molecular weight is 247 g/mol. The first kappa shape index (κ1) is 15.3. The molecular weight excluding hydrogens is 226 g/mol. The Labute approximate surface area is 99.6 Å². The van der Waals surface area contributed by atoms with Gasteiger partial charge in [-0.2, -0.15) is 0 Å². The zero-order valence-electron chi connectivity index (χ0n) is 10.6. The first-order valence-electron chi connectivity index (χ1n) is 5.42. The van der Waals surface area contributed by atoms with Crippen molar-refractivity contribution in [3.8, 4) is 0 Å². The van der Waals surface area contributed by atoms with Crippen LogP contribution in [-0.2, 0) is 20.4 Å². The fourth-order valence-electron chi connectivity index (χ4n) is 1.25. The average Bonchev–Trinajstić information content (AvgIpc) is 2.12. The van der Waals surface area contributed by atoms with Crippen molar-refractivity contribution in [2.24, 2.45) is 5.92 Å². The minimum atomic E-state index is -1.17. The molecule has 0 aliphatic heterocycles. The Morgan fingerprint density at radius 1 is 1.19 bits per heavy atom. The third-order valence-electron chi connectivity index (χ3n) is 2.22. The molecule has 0 radical (unpaired) electrons.